The van der Waals surface area contributed by atoms with Crippen molar-refractivity contribution in [1.29, 1.82) is 0 Å². The number of aromatic amines is 1. The Morgan fingerprint density at radius 2 is 1.92 bits per heavy atom. The van der Waals surface area contributed by atoms with Gasteiger partial charge in [0.1, 0.15) is 17.3 Å². The zero-order valence-corrected chi connectivity index (χ0v) is 20.1. The van der Waals surface area contributed by atoms with Crippen LogP contribution in [-0.2, 0) is 0 Å². The lowest BCUT2D eigenvalue weighted by atomic mass is 10.1. The molecule has 0 unspecified atom stereocenters. The highest BCUT2D eigenvalue weighted by Gasteiger charge is 2.26. The summed E-state index contributed by atoms with van der Waals surface area (Å²) in [6.07, 6.45) is 6.08. The number of carbonyl (C=O) groups excluding carboxylic acids is 3. The van der Waals surface area contributed by atoms with Crippen molar-refractivity contribution in [2.45, 2.75) is 19.3 Å². The van der Waals surface area contributed by atoms with Crippen LogP contribution in [0.4, 0.5) is 15.9 Å². The number of nitrogens with zero attached hydrogens (tertiary/aromatic N) is 4. The molecule has 0 atom stereocenters. The number of imidazole rings is 1. The number of anilines is 2. The van der Waals surface area contributed by atoms with Gasteiger partial charge in [-0.2, -0.15) is 0 Å². The number of carbonyl (C=O) groups is 3. The van der Waals surface area contributed by atoms with E-state index in [1.54, 1.807) is 6.07 Å². The summed E-state index contributed by atoms with van der Waals surface area (Å²) in [5, 5.41) is 2.58. The number of aromatic nitrogens is 3. The molecule has 0 saturated carbocycles. The molecular weight excluding hydrogens is 489 g/mol. The molecule has 1 aliphatic rings. The third kappa shape index (κ3) is 5.86. The minimum atomic E-state index is -0.789. The van der Waals surface area contributed by atoms with Crippen molar-refractivity contribution in [3.05, 3.63) is 70.6 Å². The number of benzene rings is 1. The van der Waals surface area contributed by atoms with E-state index in [-0.39, 0.29) is 27.8 Å². The number of H-pyrrole nitrogens is 1. The van der Waals surface area contributed by atoms with Crippen molar-refractivity contribution in [3.8, 4) is 0 Å². The van der Waals surface area contributed by atoms with Crippen LogP contribution >= 0.6 is 11.6 Å². The minimum Gasteiger partial charge on any atom is -0.364 e. The number of hydrogen-bond donors (Lipinski definition) is 3. The largest absolute Gasteiger partial charge is 0.364 e. The molecule has 1 saturated heterocycles. The second-order valence-corrected chi connectivity index (χ2v) is 8.74. The summed E-state index contributed by atoms with van der Waals surface area (Å²) >= 11 is 5.96. The quantitative estimate of drug-likeness (QED) is 0.423. The summed E-state index contributed by atoms with van der Waals surface area (Å²) in [6.45, 7) is 2.87. The zero-order chi connectivity index (χ0) is 25.7. The topological polar surface area (TPSA) is 137 Å². The third-order valence-corrected chi connectivity index (χ3v) is 6.21. The van der Waals surface area contributed by atoms with E-state index in [9.17, 15) is 18.8 Å². The molecule has 4 rings (SSSR count). The van der Waals surface area contributed by atoms with Crippen molar-refractivity contribution in [2.75, 3.05) is 36.4 Å². The first-order chi connectivity index (χ1) is 17.3. The molecule has 4 N–H and O–H groups in total. The van der Waals surface area contributed by atoms with Crippen LogP contribution < -0.4 is 16.0 Å². The van der Waals surface area contributed by atoms with Crippen LogP contribution in [0.15, 0.2) is 42.9 Å². The van der Waals surface area contributed by atoms with Gasteiger partial charge in [-0.3, -0.25) is 14.4 Å². The minimum absolute atomic E-state index is 0.0251. The standard InChI is InChI=1S/C24H25ClFN7O3/c25-18-12-15(26)4-6-17(18)23(35)31-19-7-5-16(13-28-19)33(11-10-32-8-2-1-3-9-32)24(36)21-20(22(27)34)29-14-30-21/h4-7,12-14H,1-3,8-11H2,(H2,27,34)(H,29,30)(H,28,31,35). The number of likely N-dealkylation sites (tertiary alicyclic amines) is 1. The third-order valence-electron chi connectivity index (χ3n) is 5.90. The van der Waals surface area contributed by atoms with Crippen LogP contribution in [0.25, 0.3) is 0 Å². The van der Waals surface area contributed by atoms with Gasteiger partial charge in [0.2, 0.25) is 0 Å². The summed E-state index contributed by atoms with van der Waals surface area (Å²) in [5.41, 5.74) is 5.78. The van der Waals surface area contributed by atoms with Gasteiger partial charge < -0.3 is 25.8 Å². The fraction of sp³-hybridized carbons (Fsp3) is 0.292. The SMILES string of the molecule is NC(=O)c1[nH]cnc1C(=O)N(CCN1CCCCC1)c1ccc(NC(=O)c2ccc(F)cc2Cl)nc1. The first-order valence-electron chi connectivity index (χ1n) is 11.4. The van der Waals surface area contributed by atoms with Crippen LogP contribution in [0.3, 0.4) is 0 Å². The Bertz CT molecular complexity index is 1260. The van der Waals surface area contributed by atoms with Crippen molar-refractivity contribution in [2.24, 2.45) is 5.73 Å². The first kappa shape index (κ1) is 25.3. The van der Waals surface area contributed by atoms with Crippen molar-refractivity contribution >= 4 is 40.8 Å². The molecule has 3 amide bonds. The van der Waals surface area contributed by atoms with Crippen LogP contribution in [0.1, 0.15) is 50.6 Å². The normalized spacial score (nSPS) is 13.8. The molecule has 2 aromatic heterocycles. The molecule has 0 spiro atoms. The van der Waals surface area contributed by atoms with E-state index in [0.29, 0.717) is 18.8 Å². The molecule has 1 fully saturated rings. The lowest BCUT2D eigenvalue weighted by Gasteiger charge is -2.30. The average molecular weight is 514 g/mol. The number of amides is 3. The highest BCUT2D eigenvalue weighted by molar-refractivity contribution is 6.34. The van der Waals surface area contributed by atoms with E-state index >= 15 is 0 Å². The van der Waals surface area contributed by atoms with Gasteiger partial charge in [-0.25, -0.2) is 14.4 Å². The van der Waals surface area contributed by atoms with Crippen molar-refractivity contribution in [3.63, 3.8) is 0 Å². The Labute approximate surface area is 211 Å². The average Bonchev–Trinajstić information content (AvgIpc) is 3.36. The van der Waals surface area contributed by atoms with E-state index in [0.717, 1.165) is 38.1 Å². The Balaban J connectivity index is 1.54. The highest BCUT2D eigenvalue weighted by atomic mass is 35.5. The molecule has 12 heteroatoms. The van der Waals surface area contributed by atoms with E-state index in [1.807, 2.05) is 0 Å². The number of piperidine rings is 1. The van der Waals surface area contributed by atoms with Crippen LogP contribution in [0.5, 0.6) is 0 Å². The maximum atomic E-state index is 13.4. The van der Waals surface area contributed by atoms with Gasteiger partial charge in [0, 0.05) is 13.1 Å². The Morgan fingerprint density at radius 1 is 1.14 bits per heavy atom. The smallest absolute Gasteiger partial charge is 0.279 e. The summed E-state index contributed by atoms with van der Waals surface area (Å²) in [6, 6.07) is 6.63. The lowest BCUT2D eigenvalue weighted by molar-refractivity contribution is 0.0952. The number of hydrogen-bond acceptors (Lipinski definition) is 6. The zero-order valence-electron chi connectivity index (χ0n) is 19.3. The van der Waals surface area contributed by atoms with Gasteiger partial charge in [0.25, 0.3) is 17.7 Å². The fourth-order valence-electron chi connectivity index (χ4n) is 4.02. The lowest BCUT2D eigenvalue weighted by Crippen LogP contribution is -2.41. The number of halogens is 2. The molecule has 0 radical (unpaired) electrons. The molecule has 3 aromatic rings. The summed E-state index contributed by atoms with van der Waals surface area (Å²) in [4.78, 5) is 52.3. The predicted molar refractivity (Wildman–Crippen MR) is 133 cm³/mol. The van der Waals surface area contributed by atoms with Crippen LogP contribution in [0, 0.1) is 5.82 Å². The highest BCUT2D eigenvalue weighted by Crippen LogP contribution is 2.22. The second-order valence-electron chi connectivity index (χ2n) is 8.33. The molecule has 1 aromatic carbocycles. The van der Waals surface area contributed by atoms with E-state index in [4.69, 9.17) is 17.3 Å². The molecule has 1 aliphatic heterocycles. The summed E-state index contributed by atoms with van der Waals surface area (Å²) in [5.74, 6) is -2.18. The number of primary amides is 1. The maximum Gasteiger partial charge on any atom is 0.279 e. The molecule has 36 heavy (non-hydrogen) atoms. The fourth-order valence-corrected chi connectivity index (χ4v) is 4.27. The number of nitrogens with two attached hydrogens (primary N) is 1. The number of nitrogens with one attached hydrogen (secondary N) is 2. The van der Waals surface area contributed by atoms with Gasteiger partial charge in [0.05, 0.1) is 28.8 Å². The van der Waals surface area contributed by atoms with Crippen LogP contribution in [-0.4, -0.2) is 63.8 Å². The number of pyridine rings is 1. The summed E-state index contributed by atoms with van der Waals surface area (Å²) < 4.78 is 13.3. The van der Waals surface area contributed by atoms with Crippen molar-refractivity contribution < 1.29 is 18.8 Å². The van der Waals surface area contributed by atoms with Gasteiger partial charge in [-0.1, -0.05) is 18.0 Å². The van der Waals surface area contributed by atoms with E-state index in [1.165, 1.54) is 36.0 Å². The monoisotopic (exact) mass is 513 g/mol. The Morgan fingerprint density at radius 3 is 2.58 bits per heavy atom. The van der Waals surface area contributed by atoms with Gasteiger partial charge in [0.15, 0.2) is 5.69 Å². The molecule has 3 heterocycles. The van der Waals surface area contributed by atoms with Gasteiger partial charge in [-0.05, 0) is 56.3 Å². The van der Waals surface area contributed by atoms with E-state index < -0.39 is 23.5 Å². The molecule has 0 bridgehead atoms. The summed E-state index contributed by atoms with van der Waals surface area (Å²) in [7, 11) is 0. The van der Waals surface area contributed by atoms with Crippen LogP contribution in [0.2, 0.25) is 5.02 Å². The molecular formula is C24H25ClFN7O3. The van der Waals surface area contributed by atoms with Gasteiger partial charge in [-0.15, -0.1) is 0 Å². The molecule has 188 valence electrons. The van der Waals surface area contributed by atoms with Gasteiger partial charge >= 0.3 is 0 Å². The Hall–Kier alpha value is -3.83. The maximum absolute atomic E-state index is 13.4. The van der Waals surface area contributed by atoms with Crippen molar-refractivity contribution in [1.82, 2.24) is 19.9 Å². The van der Waals surface area contributed by atoms with E-state index in [2.05, 4.69) is 25.2 Å². The first-order valence-corrected chi connectivity index (χ1v) is 11.8. The molecule has 0 aliphatic carbocycles. The predicted octanol–water partition coefficient (Wildman–Crippen LogP) is 3.08. The molecule has 10 nitrogen and oxygen atoms in total. The Kier molecular flexibility index (Phi) is 7.91. The number of rotatable bonds is 8. The second kappa shape index (κ2) is 11.3.